The molecule has 2 fully saturated rings. The second kappa shape index (κ2) is 4.97. The van der Waals surface area contributed by atoms with Crippen LogP contribution in [0.2, 0.25) is 0 Å². The molecule has 1 unspecified atom stereocenters. The Kier molecular flexibility index (Phi) is 3.76. The van der Waals surface area contributed by atoms with Crippen molar-refractivity contribution < 1.29 is 9.90 Å². The van der Waals surface area contributed by atoms with Crippen LogP contribution in [0, 0.1) is 11.3 Å². The number of nitrogens with zero attached hydrogens (tertiary/aromatic N) is 1. The van der Waals surface area contributed by atoms with E-state index in [1.54, 1.807) is 0 Å². The third-order valence-corrected chi connectivity index (χ3v) is 4.61. The zero-order valence-electron chi connectivity index (χ0n) is 11.1. The van der Waals surface area contributed by atoms with Gasteiger partial charge in [0.25, 0.3) is 0 Å². The van der Waals surface area contributed by atoms with Crippen molar-refractivity contribution in [2.75, 3.05) is 13.1 Å². The SMILES string of the molecule is CC(C)C(CC(=O)O)N1CC2(CCCCC2)C1. The summed E-state index contributed by atoms with van der Waals surface area (Å²) in [5.41, 5.74) is 0.559. The number of rotatable bonds is 4. The van der Waals surface area contributed by atoms with Gasteiger partial charge in [0, 0.05) is 19.1 Å². The lowest BCUT2D eigenvalue weighted by atomic mass is 9.67. The zero-order valence-corrected chi connectivity index (χ0v) is 11.1. The highest BCUT2D eigenvalue weighted by Crippen LogP contribution is 2.45. The van der Waals surface area contributed by atoms with Gasteiger partial charge in [0.1, 0.15) is 0 Å². The van der Waals surface area contributed by atoms with Gasteiger partial charge in [-0.05, 0) is 24.2 Å². The van der Waals surface area contributed by atoms with Crippen molar-refractivity contribution in [1.82, 2.24) is 4.90 Å². The first-order valence-electron chi connectivity index (χ1n) is 6.98. The first-order chi connectivity index (χ1) is 8.02. The molecule has 3 heteroatoms. The Morgan fingerprint density at radius 2 is 1.82 bits per heavy atom. The highest BCUT2D eigenvalue weighted by molar-refractivity contribution is 5.67. The molecule has 1 aliphatic heterocycles. The van der Waals surface area contributed by atoms with Crippen molar-refractivity contribution in [3.8, 4) is 0 Å². The topological polar surface area (TPSA) is 40.5 Å². The molecule has 98 valence electrons. The summed E-state index contributed by atoms with van der Waals surface area (Å²) in [6.45, 7) is 6.56. The third-order valence-electron chi connectivity index (χ3n) is 4.61. The van der Waals surface area contributed by atoms with Crippen molar-refractivity contribution in [3.63, 3.8) is 0 Å². The summed E-state index contributed by atoms with van der Waals surface area (Å²) in [7, 11) is 0. The molecule has 0 aromatic carbocycles. The highest BCUT2D eigenvalue weighted by atomic mass is 16.4. The number of carboxylic acids is 1. The van der Waals surface area contributed by atoms with Crippen molar-refractivity contribution in [2.24, 2.45) is 11.3 Å². The van der Waals surface area contributed by atoms with Crippen LogP contribution < -0.4 is 0 Å². The van der Waals surface area contributed by atoms with Crippen LogP contribution in [0.5, 0.6) is 0 Å². The molecule has 3 nitrogen and oxygen atoms in total. The monoisotopic (exact) mass is 239 g/mol. The van der Waals surface area contributed by atoms with Gasteiger partial charge in [-0.25, -0.2) is 0 Å². The van der Waals surface area contributed by atoms with E-state index >= 15 is 0 Å². The molecule has 1 N–H and O–H groups in total. The maximum absolute atomic E-state index is 10.9. The van der Waals surface area contributed by atoms with Crippen molar-refractivity contribution in [3.05, 3.63) is 0 Å². The first-order valence-corrected chi connectivity index (χ1v) is 6.98. The van der Waals surface area contributed by atoms with E-state index in [9.17, 15) is 4.79 Å². The maximum atomic E-state index is 10.9. The zero-order chi connectivity index (χ0) is 12.5. The Morgan fingerprint density at radius 1 is 1.24 bits per heavy atom. The Bertz CT molecular complexity index is 274. The summed E-state index contributed by atoms with van der Waals surface area (Å²) < 4.78 is 0. The Hall–Kier alpha value is -0.570. The van der Waals surface area contributed by atoms with Crippen LogP contribution in [-0.2, 0) is 4.79 Å². The lowest BCUT2D eigenvalue weighted by Crippen LogP contribution is -2.61. The normalized spacial score (nSPS) is 25.8. The molecule has 1 saturated carbocycles. The minimum Gasteiger partial charge on any atom is -0.481 e. The molecule has 1 spiro atoms. The van der Waals surface area contributed by atoms with Crippen LogP contribution in [0.1, 0.15) is 52.4 Å². The minimum atomic E-state index is -0.659. The molecule has 2 aliphatic rings. The molecule has 17 heavy (non-hydrogen) atoms. The molecule has 0 radical (unpaired) electrons. The fraction of sp³-hybridized carbons (Fsp3) is 0.929. The van der Waals surface area contributed by atoms with E-state index in [1.165, 1.54) is 32.1 Å². The molecule has 0 aromatic rings. The molecule has 0 bridgehead atoms. The quantitative estimate of drug-likeness (QED) is 0.820. The van der Waals surface area contributed by atoms with E-state index in [4.69, 9.17) is 5.11 Å². The van der Waals surface area contributed by atoms with E-state index in [1.807, 2.05) is 0 Å². The maximum Gasteiger partial charge on any atom is 0.304 e. The average molecular weight is 239 g/mol. The summed E-state index contributed by atoms with van der Waals surface area (Å²) in [6, 6.07) is 0.236. The smallest absolute Gasteiger partial charge is 0.304 e. The predicted octanol–water partition coefficient (Wildman–Crippen LogP) is 2.75. The van der Waals surface area contributed by atoms with Gasteiger partial charge >= 0.3 is 5.97 Å². The number of hydrogen-bond acceptors (Lipinski definition) is 2. The van der Waals surface area contributed by atoms with E-state index < -0.39 is 5.97 Å². The van der Waals surface area contributed by atoms with Crippen molar-refractivity contribution in [2.45, 2.75) is 58.4 Å². The molecule has 1 saturated heterocycles. The van der Waals surface area contributed by atoms with Gasteiger partial charge in [-0.1, -0.05) is 33.1 Å². The third kappa shape index (κ3) is 2.82. The number of hydrogen-bond donors (Lipinski definition) is 1. The van der Waals surface area contributed by atoms with E-state index in [2.05, 4.69) is 18.7 Å². The lowest BCUT2D eigenvalue weighted by Gasteiger charge is -2.56. The Morgan fingerprint density at radius 3 is 2.29 bits per heavy atom. The average Bonchev–Trinajstić information content (AvgIpc) is 2.23. The van der Waals surface area contributed by atoms with E-state index in [0.717, 1.165) is 13.1 Å². The molecular formula is C14H25NO2. The van der Waals surface area contributed by atoms with Crippen LogP contribution in [0.3, 0.4) is 0 Å². The molecule has 0 amide bonds. The summed E-state index contributed by atoms with van der Waals surface area (Å²) >= 11 is 0. The Balaban J connectivity index is 1.89. The second-order valence-corrected chi connectivity index (χ2v) is 6.37. The van der Waals surface area contributed by atoms with Gasteiger partial charge in [0.2, 0.25) is 0 Å². The number of aliphatic carboxylic acids is 1. The van der Waals surface area contributed by atoms with Crippen LogP contribution in [0.15, 0.2) is 0 Å². The summed E-state index contributed by atoms with van der Waals surface area (Å²) in [5.74, 6) is -0.222. The largest absolute Gasteiger partial charge is 0.481 e. The summed E-state index contributed by atoms with van der Waals surface area (Å²) in [4.78, 5) is 13.3. The summed E-state index contributed by atoms with van der Waals surface area (Å²) in [6.07, 6.45) is 7.17. The molecule has 1 atom stereocenters. The standard InChI is InChI=1S/C14H25NO2/c1-11(2)12(8-13(16)17)15-9-14(10-15)6-4-3-5-7-14/h11-12H,3-10H2,1-2H3,(H,16,17). The summed E-state index contributed by atoms with van der Waals surface area (Å²) in [5, 5.41) is 8.98. The predicted molar refractivity (Wildman–Crippen MR) is 68.0 cm³/mol. The molecule has 2 rings (SSSR count). The van der Waals surface area contributed by atoms with Gasteiger partial charge in [0.15, 0.2) is 0 Å². The van der Waals surface area contributed by atoms with Crippen LogP contribution >= 0.6 is 0 Å². The van der Waals surface area contributed by atoms with E-state index in [-0.39, 0.29) is 6.04 Å². The molecule has 0 aromatic heterocycles. The number of carbonyl (C=O) groups is 1. The first kappa shape index (κ1) is 12.9. The minimum absolute atomic E-state index is 0.236. The van der Waals surface area contributed by atoms with Gasteiger partial charge in [-0.15, -0.1) is 0 Å². The Labute approximate surface area is 104 Å². The van der Waals surface area contributed by atoms with Crippen molar-refractivity contribution in [1.29, 1.82) is 0 Å². The van der Waals surface area contributed by atoms with E-state index in [0.29, 0.717) is 17.8 Å². The lowest BCUT2D eigenvalue weighted by molar-refractivity contribution is -0.141. The second-order valence-electron chi connectivity index (χ2n) is 6.37. The van der Waals surface area contributed by atoms with Gasteiger partial charge in [-0.2, -0.15) is 0 Å². The van der Waals surface area contributed by atoms with Crippen LogP contribution in [-0.4, -0.2) is 35.1 Å². The molecule has 1 aliphatic carbocycles. The van der Waals surface area contributed by atoms with Gasteiger partial charge in [0.05, 0.1) is 6.42 Å². The van der Waals surface area contributed by atoms with Gasteiger partial charge in [-0.3, -0.25) is 9.69 Å². The van der Waals surface area contributed by atoms with Gasteiger partial charge < -0.3 is 5.11 Å². The highest BCUT2D eigenvalue weighted by Gasteiger charge is 2.46. The van der Waals surface area contributed by atoms with Crippen LogP contribution in [0.25, 0.3) is 0 Å². The molecular weight excluding hydrogens is 214 g/mol. The fourth-order valence-corrected chi connectivity index (χ4v) is 3.63. The number of likely N-dealkylation sites (tertiary alicyclic amines) is 1. The fourth-order valence-electron chi connectivity index (χ4n) is 3.63. The molecule has 1 heterocycles. The van der Waals surface area contributed by atoms with Crippen LogP contribution in [0.4, 0.5) is 0 Å². The number of carboxylic acid groups (broad SMARTS) is 1. The van der Waals surface area contributed by atoms with Crippen molar-refractivity contribution >= 4 is 5.97 Å².